The van der Waals surface area contributed by atoms with E-state index in [0.29, 0.717) is 35.6 Å². The highest BCUT2D eigenvalue weighted by Crippen LogP contribution is 2.31. The molecule has 14 heteroatoms. The lowest BCUT2D eigenvalue weighted by Gasteiger charge is -2.22. The van der Waals surface area contributed by atoms with Crippen LogP contribution in [-0.2, 0) is 17.3 Å². The van der Waals surface area contributed by atoms with E-state index in [0.717, 1.165) is 6.20 Å². The zero-order valence-electron chi connectivity index (χ0n) is 17.8. The summed E-state index contributed by atoms with van der Waals surface area (Å²) < 4.78 is 67.2. The standard InChI is InChI=1S/C20H21F5N6O2S/c1-10-11(5-14(9-33-18(21)22)34-19(26)30-10)4-13-6-12(2-3-27-13)31-17(32)15-7-29-16(8-28-15)20(23,24)25/h2-3,6-8,10-11,14,18H,4-5,9H2,1H3,(H2,26,30)(H,27,31,32)/t10-,11-,14-/m0/s1. The highest BCUT2D eigenvalue weighted by molar-refractivity contribution is 8.14. The Bertz CT molecular complexity index is 1020. The molecule has 3 N–H and O–H groups in total. The van der Waals surface area contributed by atoms with Crippen LogP contribution in [0.3, 0.4) is 0 Å². The van der Waals surface area contributed by atoms with Crippen LogP contribution in [-0.4, -0.2) is 50.5 Å². The number of amidine groups is 1. The average Bonchev–Trinajstić information content (AvgIpc) is 2.89. The predicted octanol–water partition coefficient (Wildman–Crippen LogP) is 3.75. The minimum Gasteiger partial charge on any atom is -0.379 e. The molecule has 3 heterocycles. The number of aromatic nitrogens is 3. The van der Waals surface area contributed by atoms with Crippen LogP contribution in [0.15, 0.2) is 35.7 Å². The molecule has 2 aromatic rings. The van der Waals surface area contributed by atoms with E-state index in [2.05, 4.69) is 30.0 Å². The number of rotatable bonds is 7. The maximum Gasteiger partial charge on any atom is 0.434 e. The van der Waals surface area contributed by atoms with E-state index in [-0.39, 0.29) is 29.5 Å². The summed E-state index contributed by atoms with van der Waals surface area (Å²) in [5.41, 5.74) is 5.35. The Balaban J connectivity index is 1.67. The van der Waals surface area contributed by atoms with E-state index >= 15 is 0 Å². The number of thioether (sulfide) groups is 1. The third-order valence-corrected chi connectivity index (χ3v) is 6.00. The summed E-state index contributed by atoms with van der Waals surface area (Å²) in [6, 6.07) is 2.92. The Labute approximate surface area is 195 Å². The van der Waals surface area contributed by atoms with Crippen molar-refractivity contribution in [1.82, 2.24) is 15.0 Å². The van der Waals surface area contributed by atoms with Gasteiger partial charge in [-0.3, -0.25) is 14.8 Å². The first kappa shape index (κ1) is 25.7. The van der Waals surface area contributed by atoms with Crippen LogP contribution in [0.5, 0.6) is 0 Å². The fourth-order valence-corrected chi connectivity index (χ4v) is 4.41. The van der Waals surface area contributed by atoms with Crippen LogP contribution < -0.4 is 11.1 Å². The number of ether oxygens (including phenoxy) is 1. The van der Waals surface area contributed by atoms with Crippen LogP contribution in [0.1, 0.15) is 35.2 Å². The maximum atomic E-state index is 12.6. The van der Waals surface area contributed by atoms with Gasteiger partial charge in [0.05, 0.1) is 25.0 Å². The quantitative estimate of drug-likeness (QED) is 0.552. The summed E-state index contributed by atoms with van der Waals surface area (Å²) in [4.78, 5) is 27.8. The predicted molar refractivity (Wildman–Crippen MR) is 115 cm³/mol. The Kier molecular flexibility index (Phi) is 8.36. The first-order valence-corrected chi connectivity index (χ1v) is 10.9. The largest absolute Gasteiger partial charge is 0.434 e. The van der Waals surface area contributed by atoms with Crippen molar-refractivity contribution in [3.05, 3.63) is 47.8 Å². The molecular weight excluding hydrogens is 483 g/mol. The number of hydrogen-bond acceptors (Lipinski definition) is 8. The van der Waals surface area contributed by atoms with E-state index in [9.17, 15) is 26.7 Å². The zero-order chi connectivity index (χ0) is 24.9. The molecule has 184 valence electrons. The second-order valence-corrected chi connectivity index (χ2v) is 8.84. The lowest BCUT2D eigenvalue weighted by molar-refractivity contribution is -0.141. The molecule has 0 saturated carbocycles. The van der Waals surface area contributed by atoms with Crippen LogP contribution in [0.25, 0.3) is 0 Å². The lowest BCUT2D eigenvalue weighted by atomic mass is 9.91. The summed E-state index contributed by atoms with van der Waals surface area (Å²) >= 11 is 1.19. The van der Waals surface area contributed by atoms with Crippen molar-refractivity contribution in [3.63, 3.8) is 0 Å². The van der Waals surface area contributed by atoms with Crippen molar-refractivity contribution >= 4 is 28.5 Å². The van der Waals surface area contributed by atoms with Crippen LogP contribution >= 0.6 is 11.8 Å². The molecule has 0 aliphatic carbocycles. The fourth-order valence-electron chi connectivity index (χ4n) is 3.35. The molecule has 0 radical (unpaired) electrons. The van der Waals surface area contributed by atoms with E-state index in [1.807, 2.05) is 6.92 Å². The number of halogens is 5. The number of nitrogens with two attached hydrogens (primary N) is 1. The lowest BCUT2D eigenvalue weighted by Crippen LogP contribution is -2.24. The van der Waals surface area contributed by atoms with Gasteiger partial charge >= 0.3 is 12.8 Å². The molecule has 0 fully saturated rings. The number of nitrogens with zero attached hydrogens (tertiary/aromatic N) is 4. The molecule has 0 aromatic carbocycles. The van der Waals surface area contributed by atoms with Gasteiger partial charge in [0.15, 0.2) is 10.9 Å². The van der Waals surface area contributed by atoms with Gasteiger partial charge < -0.3 is 15.8 Å². The zero-order valence-corrected chi connectivity index (χ0v) is 18.6. The number of alkyl halides is 5. The molecule has 2 aromatic heterocycles. The van der Waals surface area contributed by atoms with Crippen molar-refractivity contribution in [1.29, 1.82) is 0 Å². The number of carbonyl (C=O) groups excluding carboxylic acids is 1. The third-order valence-electron chi connectivity index (χ3n) is 4.99. The molecule has 1 amide bonds. The Morgan fingerprint density at radius 3 is 2.71 bits per heavy atom. The highest BCUT2D eigenvalue weighted by atomic mass is 32.2. The minimum atomic E-state index is -4.66. The molecule has 34 heavy (non-hydrogen) atoms. The van der Waals surface area contributed by atoms with E-state index in [1.54, 1.807) is 6.07 Å². The Morgan fingerprint density at radius 2 is 2.06 bits per heavy atom. The molecule has 0 bridgehead atoms. The fraction of sp³-hybridized carbons (Fsp3) is 0.450. The molecule has 0 saturated heterocycles. The Hall–Kier alpha value is -2.87. The number of carbonyl (C=O) groups is 1. The van der Waals surface area contributed by atoms with E-state index in [1.165, 1.54) is 24.0 Å². The number of hydrogen-bond donors (Lipinski definition) is 2. The molecule has 1 aliphatic heterocycles. The summed E-state index contributed by atoms with van der Waals surface area (Å²) in [5.74, 6) is -0.821. The van der Waals surface area contributed by atoms with Crippen LogP contribution in [0.2, 0.25) is 0 Å². The molecule has 8 nitrogen and oxygen atoms in total. The first-order chi connectivity index (χ1) is 16.0. The summed E-state index contributed by atoms with van der Waals surface area (Å²) in [5, 5.41) is 2.53. The monoisotopic (exact) mass is 504 g/mol. The Morgan fingerprint density at radius 1 is 1.29 bits per heavy atom. The first-order valence-electron chi connectivity index (χ1n) is 10.1. The maximum absolute atomic E-state index is 12.6. The van der Waals surface area contributed by atoms with Gasteiger partial charge in [-0.1, -0.05) is 11.8 Å². The number of pyridine rings is 1. The van der Waals surface area contributed by atoms with Crippen LogP contribution in [0.4, 0.5) is 27.6 Å². The van der Waals surface area contributed by atoms with Gasteiger partial charge in [0.1, 0.15) is 5.69 Å². The average molecular weight is 504 g/mol. The van der Waals surface area contributed by atoms with Crippen molar-refractivity contribution in [2.75, 3.05) is 11.9 Å². The number of anilines is 1. The van der Waals surface area contributed by atoms with Gasteiger partial charge in [-0.05, 0) is 37.8 Å². The third kappa shape index (κ3) is 7.32. The molecular formula is C20H21F5N6O2S. The number of amides is 1. The summed E-state index contributed by atoms with van der Waals surface area (Å²) in [6.45, 7) is -1.20. The van der Waals surface area contributed by atoms with Crippen molar-refractivity contribution in [2.24, 2.45) is 16.6 Å². The number of aliphatic imine (C=N–C) groups is 1. The van der Waals surface area contributed by atoms with Gasteiger partial charge in [0.2, 0.25) is 0 Å². The number of nitrogens with one attached hydrogen (secondary N) is 1. The van der Waals surface area contributed by atoms with E-state index < -0.39 is 24.4 Å². The second-order valence-electron chi connectivity index (χ2n) is 7.52. The highest BCUT2D eigenvalue weighted by Gasteiger charge is 2.33. The SMILES string of the molecule is C[C@@H]1N=C(N)S[C@H](COC(F)F)C[C@@H]1Cc1cc(NC(=O)c2cnc(C(F)(F)F)cn2)ccn1. The normalized spacial score (nSPS) is 21.1. The summed E-state index contributed by atoms with van der Waals surface area (Å²) in [6.07, 6.45) is -1.03. The van der Waals surface area contributed by atoms with Gasteiger partial charge in [-0.15, -0.1) is 0 Å². The topological polar surface area (TPSA) is 115 Å². The van der Waals surface area contributed by atoms with Crippen molar-refractivity contribution in [2.45, 2.75) is 43.8 Å². The molecule has 1 aliphatic rings. The van der Waals surface area contributed by atoms with Crippen molar-refractivity contribution < 1.29 is 31.5 Å². The summed E-state index contributed by atoms with van der Waals surface area (Å²) in [7, 11) is 0. The smallest absolute Gasteiger partial charge is 0.379 e. The molecule has 0 unspecified atom stereocenters. The molecule has 0 spiro atoms. The van der Waals surface area contributed by atoms with Crippen LogP contribution in [0, 0.1) is 5.92 Å². The van der Waals surface area contributed by atoms with Gasteiger partial charge in [-0.2, -0.15) is 22.0 Å². The van der Waals surface area contributed by atoms with Gasteiger partial charge in [0, 0.05) is 22.8 Å². The van der Waals surface area contributed by atoms with E-state index in [4.69, 9.17) is 5.73 Å². The second kappa shape index (κ2) is 11.0. The molecule has 3 rings (SSSR count). The van der Waals surface area contributed by atoms with Crippen molar-refractivity contribution in [3.8, 4) is 0 Å². The van der Waals surface area contributed by atoms with Gasteiger partial charge in [-0.25, -0.2) is 9.97 Å². The molecule has 3 atom stereocenters. The van der Waals surface area contributed by atoms with Gasteiger partial charge in [0.25, 0.3) is 5.91 Å². The minimum absolute atomic E-state index is 0.0842.